The summed E-state index contributed by atoms with van der Waals surface area (Å²) in [4.78, 5) is 15.0. The zero-order valence-electron chi connectivity index (χ0n) is 7.71. The maximum atomic E-state index is 11.1. The molecule has 2 N–H and O–H groups in total. The molecule has 0 bridgehead atoms. The van der Waals surface area contributed by atoms with Crippen molar-refractivity contribution in [2.45, 2.75) is 13.3 Å². The second-order valence-corrected chi connectivity index (χ2v) is 3.18. The van der Waals surface area contributed by atoms with Crippen LogP contribution in [0.5, 0.6) is 6.01 Å². The van der Waals surface area contributed by atoms with Crippen LogP contribution in [-0.2, 0) is 4.79 Å². The highest BCUT2D eigenvalue weighted by Crippen LogP contribution is 2.05. The zero-order chi connectivity index (χ0) is 10.4. The first-order chi connectivity index (χ1) is 6.76. The Kier molecular flexibility index (Phi) is 4.37. The summed E-state index contributed by atoms with van der Waals surface area (Å²) in [7, 11) is 0. The van der Waals surface area contributed by atoms with E-state index in [2.05, 4.69) is 36.4 Å². The number of carbonyl (C=O) groups excluding carboxylic acids is 1. The molecule has 0 aliphatic carbocycles. The summed E-state index contributed by atoms with van der Waals surface area (Å²) in [5.41, 5.74) is 0. The molecule has 0 saturated heterocycles. The second kappa shape index (κ2) is 5.58. The molecule has 1 amide bonds. The molecule has 1 heterocycles. The van der Waals surface area contributed by atoms with Gasteiger partial charge in [0.2, 0.25) is 11.9 Å². The molecule has 6 nitrogen and oxygen atoms in total. The Labute approximate surface area is 89.6 Å². The number of nitrogens with zero attached hydrogens (tertiary/aromatic N) is 2. The minimum absolute atomic E-state index is 0.124. The fourth-order valence-electron chi connectivity index (χ4n) is 0.776. The number of aromatic amines is 1. The van der Waals surface area contributed by atoms with Crippen molar-refractivity contribution < 1.29 is 9.53 Å². The third-order valence-corrected chi connectivity index (χ3v) is 1.71. The molecule has 1 aromatic rings. The molecule has 1 rings (SSSR count). The van der Waals surface area contributed by atoms with Gasteiger partial charge in [0.15, 0.2) is 0 Å². The summed E-state index contributed by atoms with van der Waals surface area (Å²) in [6.45, 7) is 2.33. The second-order valence-electron chi connectivity index (χ2n) is 2.39. The number of carbonyl (C=O) groups is 1. The van der Waals surface area contributed by atoms with Crippen molar-refractivity contribution in [2.75, 3.05) is 17.3 Å². The van der Waals surface area contributed by atoms with Crippen LogP contribution in [0.4, 0.5) is 5.95 Å². The van der Waals surface area contributed by atoms with E-state index >= 15 is 0 Å². The van der Waals surface area contributed by atoms with Gasteiger partial charge in [0.05, 0.1) is 6.61 Å². The first-order valence-electron chi connectivity index (χ1n) is 4.17. The molecule has 78 valence electrons. The molecule has 0 spiro atoms. The molecule has 7 heteroatoms. The van der Waals surface area contributed by atoms with Gasteiger partial charge in [0.25, 0.3) is 0 Å². The van der Waals surface area contributed by atoms with Gasteiger partial charge < -0.3 is 4.74 Å². The SMILES string of the molecule is CCOc1n[nH]c(NC(=O)CCBr)n1. The summed E-state index contributed by atoms with van der Waals surface area (Å²) in [5, 5.41) is 9.44. The summed E-state index contributed by atoms with van der Waals surface area (Å²) < 4.78 is 5.01. The van der Waals surface area contributed by atoms with Crippen molar-refractivity contribution in [3.05, 3.63) is 0 Å². The number of halogens is 1. The molecule has 0 saturated carbocycles. The zero-order valence-corrected chi connectivity index (χ0v) is 9.30. The Bertz CT molecular complexity index is 302. The van der Waals surface area contributed by atoms with E-state index in [0.717, 1.165) is 0 Å². The maximum absolute atomic E-state index is 11.1. The van der Waals surface area contributed by atoms with Gasteiger partial charge in [-0.1, -0.05) is 15.9 Å². The number of anilines is 1. The number of hydrogen-bond donors (Lipinski definition) is 2. The third kappa shape index (κ3) is 3.33. The average molecular weight is 263 g/mol. The lowest BCUT2D eigenvalue weighted by molar-refractivity contribution is -0.115. The highest BCUT2D eigenvalue weighted by molar-refractivity contribution is 9.09. The van der Waals surface area contributed by atoms with Crippen LogP contribution in [0.25, 0.3) is 0 Å². The van der Waals surface area contributed by atoms with E-state index in [4.69, 9.17) is 4.74 Å². The van der Waals surface area contributed by atoms with Gasteiger partial charge in [-0.05, 0) is 6.92 Å². The topological polar surface area (TPSA) is 79.9 Å². The van der Waals surface area contributed by atoms with Gasteiger partial charge in [-0.3, -0.25) is 10.1 Å². The van der Waals surface area contributed by atoms with Gasteiger partial charge in [-0.25, -0.2) is 5.10 Å². The van der Waals surface area contributed by atoms with E-state index in [1.54, 1.807) is 0 Å². The van der Waals surface area contributed by atoms with Crippen LogP contribution in [0.3, 0.4) is 0 Å². The molecule has 0 fully saturated rings. The summed E-state index contributed by atoms with van der Waals surface area (Å²) in [6.07, 6.45) is 0.394. The predicted octanol–water partition coefficient (Wildman–Crippen LogP) is 0.927. The van der Waals surface area contributed by atoms with Gasteiger partial charge >= 0.3 is 6.01 Å². The van der Waals surface area contributed by atoms with Crippen molar-refractivity contribution in [2.24, 2.45) is 0 Å². The fraction of sp³-hybridized carbons (Fsp3) is 0.571. The maximum Gasteiger partial charge on any atom is 0.337 e. The first kappa shape index (κ1) is 11.0. The molecule has 0 aliphatic rings. The number of ether oxygens (including phenoxy) is 1. The van der Waals surface area contributed by atoms with Gasteiger partial charge in [-0.2, -0.15) is 4.98 Å². The highest BCUT2D eigenvalue weighted by atomic mass is 79.9. The number of alkyl halides is 1. The molecular formula is C7H11BrN4O2. The van der Waals surface area contributed by atoms with Crippen LogP contribution in [-0.4, -0.2) is 33.0 Å². The van der Waals surface area contributed by atoms with Crippen LogP contribution < -0.4 is 10.1 Å². The van der Waals surface area contributed by atoms with E-state index in [1.807, 2.05) is 6.92 Å². The molecule has 0 radical (unpaired) electrons. The third-order valence-electron chi connectivity index (χ3n) is 1.32. The number of nitrogens with one attached hydrogen (secondary N) is 2. The number of aromatic nitrogens is 3. The lowest BCUT2D eigenvalue weighted by Crippen LogP contribution is -2.12. The fourth-order valence-corrected chi connectivity index (χ4v) is 1.14. The lowest BCUT2D eigenvalue weighted by Gasteiger charge is -1.97. The van der Waals surface area contributed by atoms with Gasteiger partial charge in [0, 0.05) is 11.8 Å². The van der Waals surface area contributed by atoms with E-state index in [0.29, 0.717) is 24.3 Å². The largest absolute Gasteiger partial charge is 0.463 e. The minimum atomic E-state index is -0.124. The van der Waals surface area contributed by atoms with Crippen LogP contribution in [0, 0.1) is 0 Å². The van der Waals surface area contributed by atoms with Crippen LogP contribution in [0.2, 0.25) is 0 Å². The Morgan fingerprint density at radius 2 is 2.50 bits per heavy atom. The van der Waals surface area contributed by atoms with E-state index in [-0.39, 0.29) is 11.9 Å². The van der Waals surface area contributed by atoms with Crippen LogP contribution in [0.15, 0.2) is 0 Å². The van der Waals surface area contributed by atoms with Crippen LogP contribution >= 0.6 is 15.9 Å². The molecular weight excluding hydrogens is 252 g/mol. The number of hydrogen-bond acceptors (Lipinski definition) is 4. The standard InChI is InChI=1S/C7H11BrN4O2/c1-2-14-7-10-6(11-12-7)9-5(13)3-4-8/h2-4H2,1H3,(H2,9,10,11,12,13). The quantitative estimate of drug-likeness (QED) is 0.774. The Balaban J connectivity index is 2.46. The minimum Gasteiger partial charge on any atom is -0.463 e. The van der Waals surface area contributed by atoms with E-state index in [9.17, 15) is 4.79 Å². The molecule has 0 atom stereocenters. The monoisotopic (exact) mass is 262 g/mol. The number of amides is 1. The molecule has 0 aliphatic heterocycles. The van der Waals surface area contributed by atoms with E-state index < -0.39 is 0 Å². The number of H-pyrrole nitrogens is 1. The van der Waals surface area contributed by atoms with Crippen LogP contribution in [0.1, 0.15) is 13.3 Å². The number of rotatable bonds is 5. The Hall–Kier alpha value is -1.11. The summed E-state index contributed by atoms with van der Waals surface area (Å²) >= 11 is 3.16. The Morgan fingerprint density at radius 1 is 1.71 bits per heavy atom. The van der Waals surface area contributed by atoms with Crippen molar-refractivity contribution in [3.8, 4) is 6.01 Å². The van der Waals surface area contributed by atoms with Gasteiger partial charge in [-0.15, -0.1) is 5.10 Å². The Morgan fingerprint density at radius 3 is 3.14 bits per heavy atom. The lowest BCUT2D eigenvalue weighted by atomic mass is 10.5. The first-order valence-corrected chi connectivity index (χ1v) is 5.29. The van der Waals surface area contributed by atoms with Gasteiger partial charge in [0.1, 0.15) is 0 Å². The predicted molar refractivity (Wildman–Crippen MR) is 54.6 cm³/mol. The van der Waals surface area contributed by atoms with E-state index in [1.165, 1.54) is 0 Å². The summed E-state index contributed by atoms with van der Waals surface area (Å²) in [6, 6.07) is 0.238. The van der Waals surface area contributed by atoms with Crippen molar-refractivity contribution in [3.63, 3.8) is 0 Å². The van der Waals surface area contributed by atoms with Crippen molar-refractivity contribution in [1.82, 2.24) is 15.2 Å². The average Bonchev–Trinajstić information content (AvgIpc) is 2.53. The molecule has 0 aromatic carbocycles. The smallest absolute Gasteiger partial charge is 0.337 e. The molecule has 1 aromatic heterocycles. The van der Waals surface area contributed by atoms with Crippen molar-refractivity contribution in [1.29, 1.82) is 0 Å². The molecule has 14 heavy (non-hydrogen) atoms. The highest BCUT2D eigenvalue weighted by Gasteiger charge is 2.06. The normalized spacial score (nSPS) is 9.86. The molecule has 0 unspecified atom stereocenters. The summed E-state index contributed by atoms with van der Waals surface area (Å²) in [5.74, 6) is 0.181. The van der Waals surface area contributed by atoms with Crippen molar-refractivity contribution >= 4 is 27.8 Å².